The van der Waals surface area contributed by atoms with Gasteiger partial charge in [0.25, 0.3) is 0 Å². The lowest BCUT2D eigenvalue weighted by Crippen LogP contribution is -2.42. The van der Waals surface area contributed by atoms with Crippen molar-refractivity contribution in [2.75, 3.05) is 38.6 Å². The quantitative estimate of drug-likeness (QED) is 0.805. The van der Waals surface area contributed by atoms with Gasteiger partial charge in [0.15, 0.2) is 0 Å². The number of likely N-dealkylation sites (tertiary alicyclic amines) is 1. The van der Waals surface area contributed by atoms with Crippen LogP contribution in [0.3, 0.4) is 0 Å². The molecule has 20 heavy (non-hydrogen) atoms. The lowest BCUT2D eigenvalue weighted by molar-refractivity contribution is 0.252. The minimum atomic E-state index is 0.679. The Labute approximate surface area is 124 Å². The van der Waals surface area contributed by atoms with Crippen molar-refractivity contribution in [2.24, 2.45) is 0 Å². The van der Waals surface area contributed by atoms with Crippen LogP contribution >= 0.6 is 0 Å². The summed E-state index contributed by atoms with van der Waals surface area (Å²) in [5.41, 5.74) is 2.81. The van der Waals surface area contributed by atoms with Crippen LogP contribution in [0.4, 0.5) is 5.69 Å². The van der Waals surface area contributed by atoms with Crippen LogP contribution in [0.25, 0.3) is 0 Å². The predicted octanol–water partition coefficient (Wildman–Crippen LogP) is 2.72. The molecule has 3 heteroatoms. The Morgan fingerprint density at radius 3 is 2.65 bits per heavy atom. The normalized spacial score (nSPS) is 17.4. The zero-order chi connectivity index (χ0) is 14.4. The largest absolute Gasteiger partial charge is 0.371 e. The molecule has 0 unspecified atom stereocenters. The van der Waals surface area contributed by atoms with Gasteiger partial charge >= 0.3 is 0 Å². The maximum atomic E-state index is 3.52. The van der Waals surface area contributed by atoms with E-state index < -0.39 is 0 Å². The molecule has 1 N–H and O–H groups in total. The van der Waals surface area contributed by atoms with Gasteiger partial charge < -0.3 is 15.1 Å². The molecule has 0 amide bonds. The van der Waals surface area contributed by atoms with Gasteiger partial charge in [-0.25, -0.2) is 0 Å². The highest BCUT2D eigenvalue weighted by Gasteiger charge is 2.21. The summed E-state index contributed by atoms with van der Waals surface area (Å²) >= 11 is 0. The van der Waals surface area contributed by atoms with Crippen molar-refractivity contribution >= 4 is 5.69 Å². The zero-order valence-corrected chi connectivity index (χ0v) is 13.2. The van der Waals surface area contributed by atoms with Crippen molar-refractivity contribution in [3.05, 3.63) is 29.8 Å². The fourth-order valence-electron chi connectivity index (χ4n) is 2.98. The molecule has 1 fully saturated rings. The number of nitrogens with one attached hydrogen (secondary N) is 1. The second-order valence-corrected chi connectivity index (χ2v) is 5.95. The summed E-state index contributed by atoms with van der Waals surface area (Å²) in [6, 6.07) is 9.50. The summed E-state index contributed by atoms with van der Waals surface area (Å²) in [6.45, 7) is 6.70. The molecule has 2 rings (SSSR count). The minimum absolute atomic E-state index is 0.679. The van der Waals surface area contributed by atoms with Gasteiger partial charge in [-0.3, -0.25) is 0 Å². The van der Waals surface area contributed by atoms with Crippen molar-refractivity contribution in [1.29, 1.82) is 0 Å². The summed E-state index contributed by atoms with van der Waals surface area (Å²) in [5, 5.41) is 3.52. The minimum Gasteiger partial charge on any atom is -0.371 e. The van der Waals surface area contributed by atoms with E-state index in [0.29, 0.717) is 6.04 Å². The molecule has 1 heterocycles. The van der Waals surface area contributed by atoms with Crippen molar-refractivity contribution < 1.29 is 0 Å². The van der Waals surface area contributed by atoms with E-state index >= 15 is 0 Å². The molecule has 0 radical (unpaired) electrons. The monoisotopic (exact) mass is 275 g/mol. The van der Waals surface area contributed by atoms with Gasteiger partial charge in [-0.15, -0.1) is 0 Å². The number of anilines is 1. The van der Waals surface area contributed by atoms with Crippen LogP contribution in [0.15, 0.2) is 24.3 Å². The van der Waals surface area contributed by atoms with Crippen LogP contribution in [0.2, 0.25) is 0 Å². The first kappa shape index (κ1) is 15.3. The number of piperidine rings is 1. The van der Waals surface area contributed by atoms with Crippen LogP contribution in [0, 0.1) is 0 Å². The van der Waals surface area contributed by atoms with Crippen LogP contribution in [-0.4, -0.2) is 44.7 Å². The number of benzene rings is 1. The number of nitrogens with zero attached hydrogens (tertiary/aromatic N) is 2. The second kappa shape index (κ2) is 7.65. The second-order valence-electron chi connectivity index (χ2n) is 5.95. The van der Waals surface area contributed by atoms with Gasteiger partial charge in [0, 0.05) is 25.3 Å². The Kier molecular flexibility index (Phi) is 5.86. The Morgan fingerprint density at radius 2 is 1.95 bits per heavy atom. The van der Waals surface area contributed by atoms with Gasteiger partial charge in [0.1, 0.15) is 0 Å². The van der Waals surface area contributed by atoms with E-state index in [1.165, 1.54) is 43.6 Å². The molecule has 0 spiro atoms. The number of rotatable bonds is 6. The highest BCUT2D eigenvalue weighted by Crippen LogP contribution is 2.25. The fraction of sp³-hybridized carbons (Fsp3) is 0.647. The number of hydrogen-bond acceptors (Lipinski definition) is 3. The molecule has 1 aromatic rings. The Hall–Kier alpha value is -1.06. The topological polar surface area (TPSA) is 18.5 Å². The van der Waals surface area contributed by atoms with Gasteiger partial charge in [0.2, 0.25) is 0 Å². The van der Waals surface area contributed by atoms with E-state index in [1.54, 1.807) is 0 Å². The van der Waals surface area contributed by atoms with Gasteiger partial charge in [-0.05, 0) is 57.6 Å². The molecule has 0 aliphatic carbocycles. The molecule has 0 atom stereocenters. The smallest absolute Gasteiger partial charge is 0.0411 e. The number of para-hydroxylation sites is 1. The molecule has 0 aromatic heterocycles. The average Bonchev–Trinajstić information content (AvgIpc) is 2.48. The van der Waals surface area contributed by atoms with Crippen molar-refractivity contribution in [2.45, 2.75) is 38.8 Å². The Morgan fingerprint density at radius 1 is 1.25 bits per heavy atom. The third-order valence-corrected chi connectivity index (χ3v) is 4.35. The SMILES string of the molecule is CCCNCc1ccccc1N(C)C1CCN(C)CC1. The van der Waals surface area contributed by atoms with Crippen LogP contribution < -0.4 is 10.2 Å². The summed E-state index contributed by atoms with van der Waals surface area (Å²) in [5.74, 6) is 0. The molecular formula is C17H29N3. The highest BCUT2D eigenvalue weighted by atomic mass is 15.2. The van der Waals surface area contributed by atoms with Gasteiger partial charge in [-0.2, -0.15) is 0 Å². The van der Waals surface area contributed by atoms with Crippen molar-refractivity contribution in [3.63, 3.8) is 0 Å². The Balaban J connectivity index is 2.03. The summed E-state index contributed by atoms with van der Waals surface area (Å²) in [4.78, 5) is 4.93. The third kappa shape index (κ3) is 3.97. The van der Waals surface area contributed by atoms with E-state index in [-0.39, 0.29) is 0 Å². The molecule has 1 aliphatic heterocycles. The van der Waals surface area contributed by atoms with E-state index in [4.69, 9.17) is 0 Å². The standard InChI is InChI=1S/C17H29N3/c1-4-11-18-14-15-7-5-6-8-17(15)20(3)16-9-12-19(2)13-10-16/h5-8,16,18H,4,9-14H2,1-3H3. The summed E-state index contributed by atoms with van der Waals surface area (Å²) in [7, 11) is 4.48. The predicted molar refractivity (Wildman–Crippen MR) is 87.4 cm³/mol. The fourth-order valence-corrected chi connectivity index (χ4v) is 2.98. The van der Waals surface area contributed by atoms with Crippen molar-refractivity contribution in [3.8, 4) is 0 Å². The first-order valence-corrected chi connectivity index (χ1v) is 7.92. The highest BCUT2D eigenvalue weighted by molar-refractivity contribution is 5.53. The molecule has 3 nitrogen and oxygen atoms in total. The first-order chi connectivity index (χ1) is 9.72. The van der Waals surface area contributed by atoms with Gasteiger partial charge in [-0.1, -0.05) is 25.1 Å². The van der Waals surface area contributed by atoms with Crippen LogP contribution in [0.1, 0.15) is 31.7 Å². The van der Waals surface area contributed by atoms with Crippen molar-refractivity contribution in [1.82, 2.24) is 10.2 Å². The molecule has 1 saturated heterocycles. The van der Waals surface area contributed by atoms with E-state index in [2.05, 4.69) is 60.4 Å². The zero-order valence-electron chi connectivity index (χ0n) is 13.2. The molecule has 0 saturated carbocycles. The van der Waals surface area contributed by atoms with Gasteiger partial charge in [0.05, 0.1) is 0 Å². The first-order valence-electron chi connectivity index (χ1n) is 7.92. The number of hydrogen-bond donors (Lipinski definition) is 1. The third-order valence-electron chi connectivity index (χ3n) is 4.35. The molecule has 0 bridgehead atoms. The van der Waals surface area contributed by atoms with Crippen LogP contribution in [0.5, 0.6) is 0 Å². The summed E-state index contributed by atoms with van der Waals surface area (Å²) < 4.78 is 0. The van der Waals surface area contributed by atoms with E-state index in [0.717, 1.165) is 13.1 Å². The maximum Gasteiger partial charge on any atom is 0.0411 e. The maximum absolute atomic E-state index is 3.52. The van der Waals surface area contributed by atoms with E-state index in [1.807, 2.05) is 0 Å². The molecule has 1 aliphatic rings. The Bertz CT molecular complexity index is 397. The summed E-state index contributed by atoms with van der Waals surface area (Å²) in [6.07, 6.45) is 3.72. The molecular weight excluding hydrogens is 246 g/mol. The lowest BCUT2D eigenvalue weighted by Gasteiger charge is -2.37. The average molecular weight is 275 g/mol. The molecule has 112 valence electrons. The molecule has 1 aromatic carbocycles. The van der Waals surface area contributed by atoms with E-state index in [9.17, 15) is 0 Å². The lowest BCUT2D eigenvalue weighted by atomic mass is 10.0. The van der Waals surface area contributed by atoms with Crippen LogP contribution in [-0.2, 0) is 6.54 Å².